The van der Waals surface area contributed by atoms with Crippen LogP contribution in [-0.4, -0.2) is 33.8 Å². The van der Waals surface area contributed by atoms with Gasteiger partial charge in [0.25, 0.3) is 0 Å². The fourth-order valence-corrected chi connectivity index (χ4v) is 4.59. The summed E-state index contributed by atoms with van der Waals surface area (Å²) in [6.07, 6.45) is 0.994. The highest BCUT2D eigenvalue weighted by Gasteiger charge is 2.19. The Kier molecular flexibility index (Phi) is 7.47. The molecule has 0 saturated carbocycles. The Morgan fingerprint density at radius 2 is 1.81 bits per heavy atom. The number of hydrogen-bond donors (Lipinski definition) is 1. The van der Waals surface area contributed by atoms with Gasteiger partial charge in [0.1, 0.15) is 0 Å². The van der Waals surface area contributed by atoms with Crippen molar-refractivity contribution >= 4 is 27.8 Å². The molecule has 0 heterocycles. The van der Waals surface area contributed by atoms with Crippen LogP contribution in [0.25, 0.3) is 0 Å². The van der Waals surface area contributed by atoms with Crippen molar-refractivity contribution in [3.8, 4) is 0 Å². The number of rotatable bonds is 8. The quantitative estimate of drug-likeness (QED) is 0.410. The van der Waals surface area contributed by atoms with E-state index in [4.69, 9.17) is 4.74 Å². The van der Waals surface area contributed by atoms with Crippen molar-refractivity contribution < 1.29 is 17.9 Å². The van der Waals surface area contributed by atoms with E-state index in [0.29, 0.717) is 17.9 Å². The van der Waals surface area contributed by atoms with Gasteiger partial charge < -0.3 is 4.74 Å². The van der Waals surface area contributed by atoms with Crippen molar-refractivity contribution in [2.75, 3.05) is 19.4 Å². The van der Waals surface area contributed by atoms with Gasteiger partial charge in [0.05, 0.1) is 17.6 Å². The van der Waals surface area contributed by atoms with Crippen molar-refractivity contribution in [1.82, 2.24) is 4.72 Å². The van der Waals surface area contributed by atoms with Gasteiger partial charge in [-0.2, -0.15) is 0 Å². The third-order valence-corrected chi connectivity index (χ3v) is 6.81. The first kappa shape index (κ1) is 21.5. The van der Waals surface area contributed by atoms with Gasteiger partial charge in [-0.3, -0.25) is 0 Å². The maximum absolute atomic E-state index is 12.6. The molecule has 0 aromatic heterocycles. The number of benzene rings is 2. The fraction of sp³-hybridized carbons (Fsp3) is 0.350. The fourth-order valence-electron chi connectivity index (χ4n) is 2.55. The molecule has 0 saturated heterocycles. The van der Waals surface area contributed by atoms with E-state index in [1.54, 1.807) is 31.7 Å². The van der Waals surface area contributed by atoms with Crippen molar-refractivity contribution in [3.63, 3.8) is 0 Å². The molecule has 0 spiro atoms. The molecule has 0 unspecified atom stereocenters. The van der Waals surface area contributed by atoms with Crippen LogP contribution in [0.2, 0.25) is 0 Å². The third-order valence-electron chi connectivity index (χ3n) is 4.35. The number of aryl methyl sites for hydroxylation is 2. The molecule has 1 N–H and O–H groups in total. The molecule has 0 radical (unpaired) electrons. The SMILES string of the molecule is CCc1ccc(SCCNS(=O)(=O)c2cc(C)c(C)c(C(=O)OC)c2)cc1. The van der Waals surface area contributed by atoms with Crippen molar-refractivity contribution in [1.29, 1.82) is 0 Å². The number of carbonyl (C=O) groups excluding carboxylic acids is 1. The molecular weight excluding hydrogens is 382 g/mol. The van der Waals surface area contributed by atoms with E-state index >= 15 is 0 Å². The average molecular weight is 408 g/mol. The first-order chi connectivity index (χ1) is 12.8. The van der Waals surface area contributed by atoms with Crippen LogP contribution in [0.3, 0.4) is 0 Å². The summed E-state index contributed by atoms with van der Waals surface area (Å²) >= 11 is 1.59. The second kappa shape index (κ2) is 9.39. The minimum Gasteiger partial charge on any atom is -0.465 e. The van der Waals surface area contributed by atoms with E-state index in [9.17, 15) is 13.2 Å². The Hall–Kier alpha value is -1.83. The first-order valence-corrected chi connectivity index (χ1v) is 11.2. The lowest BCUT2D eigenvalue weighted by atomic mass is 10.0. The molecule has 27 heavy (non-hydrogen) atoms. The highest BCUT2D eigenvalue weighted by molar-refractivity contribution is 7.99. The maximum atomic E-state index is 12.6. The molecule has 2 rings (SSSR count). The van der Waals surface area contributed by atoms with Crippen molar-refractivity contribution in [3.05, 3.63) is 58.7 Å². The predicted molar refractivity (Wildman–Crippen MR) is 109 cm³/mol. The van der Waals surface area contributed by atoms with E-state index in [-0.39, 0.29) is 10.5 Å². The van der Waals surface area contributed by atoms with Gasteiger partial charge in [-0.25, -0.2) is 17.9 Å². The normalized spacial score (nSPS) is 11.4. The molecule has 0 aliphatic heterocycles. The van der Waals surface area contributed by atoms with Gasteiger partial charge in [-0.15, -0.1) is 11.8 Å². The number of carbonyl (C=O) groups is 1. The van der Waals surface area contributed by atoms with Crippen LogP contribution >= 0.6 is 11.8 Å². The van der Waals surface area contributed by atoms with Crippen LogP contribution in [0.1, 0.15) is 34.0 Å². The van der Waals surface area contributed by atoms with E-state index in [1.165, 1.54) is 18.7 Å². The Balaban J connectivity index is 2.03. The number of methoxy groups -OCH3 is 1. The van der Waals surface area contributed by atoms with E-state index in [0.717, 1.165) is 16.9 Å². The molecular formula is C20H25NO4S2. The smallest absolute Gasteiger partial charge is 0.338 e. The standard InChI is InChI=1S/C20H25NO4S2/c1-5-16-6-8-17(9-7-16)26-11-10-21-27(23,24)18-12-14(2)15(3)19(13-18)20(22)25-4/h6-9,12-13,21H,5,10-11H2,1-4H3. The Labute approximate surface area is 165 Å². The molecule has 0 bridgehead atoms. The van der Waals surface area contributed by atoms with Gasteiger partial charge in [-0.1, -0.05) is 19.1 Å². The van der Waals surface area contributed by atoms with Crippen LogP contribution in [0.4, 0.5) is 0 Å². The lowest BCUT2D eigenvalue weighted by Gasteiger charge is -2.12. The summed E-state index contributed by atoms with van der Waals surface area (Å²) in [6.45, 7) is 5.95. The summed E-state index contributed by atoms with van der Waals surface area (Å²) in [5, 5.41) is 0. The Morgan fingerprint density at radius 1 is 1.15 bits per heavy atom. The number of nitrogens with one attached hydrogen (secondary N) is 1. The summed E-state index contributed by atoms with van der Waals surface area (Å²) in [5.74, 6) is 0.0677. The zero-order valence-electron chi connectivity index (χ0n) is 16.0. The molecule has 0 amide bonds. The summed E-state index contributed by atoms with van der Waals surface area (Å²) < 4.78 is 32.5. The Morgan fingerprint density at radius 3 is 2.41 bits per heavy atom. The summed E-state index contributed by atoms with van der Waals surface area (Å²) in [5.41, 5.74) is 2.98. The number of thioether (sulfide) groups is 1. The molecule has 0 atom stereocenters. The molecule has 0 aliphatic rings. The summed E-state index contributed by atoms with van der Waals surface area (Å²) in [7, 11) is -2.42. The number of hydrogen-bond acceptors (Lipinski definition) is 5. The molecule has 146 valence electrons. The highest BCUT2D eigenvalue weighted by atomic mass is 32.2. The van der Waals surface area contributed by atoms with Gasteiger partial charge in [-0.05, 0) is 61.2 Å². The van der Waals surface area contributed by atoms with Crippen LogP contribution < -0.4 is 4.72 Å². The lowest BCUT2D eigenvalue weighted by molar-refractivity contribution is 0.0599. The van der Waals surface area contributed by atoms with Crippen LogP contribution in [0, 0.1) is 13.8 Å². The minimum atomic E-state index is -3.70. The second-order valence-electron chi connectivity index (χ2n) is 6.15. The maximum Gasteiger partial charge on any atom is 0.338 e. The van der Waals surface area contributed by atoms with Crippen LogP contribution in [0.15, 0.2) is 46.2 Å². The predicted octanol–water partition coefficient (Wildman–Crippen LogP) is 3.72. The molecule has 2 aromatic carbocycles. The summed E-state index contributed by atoms with van der Waals surface area (Å²) in [6, 6.07) is 11.2. The minimum absolute atomic E-state index is 0.0725. The molecule has 7 heteroatoms. The van der Waals surface area contributed by atoms with E-state index in [2.05, 4.69) is 23.8 Å². The molecule has 0 fully saturated rings. The zero-order chi connectivity index (χ0) is 20.0. The number of ether oxygens (including phenoxy) is 1. The highest BCUT2D eigenvalue weighted by Crippen LogP contribution is 2.21. The Bertz CT molecular complexity index is 906. The number of sulfonamides is 1. The van der Waals surface area contributed by atoms with Crippen LogP contribution in [-0.2, 0) is 21.2 Å². The van der Waals surface area contributed by atoms with E-state index in [1.807, 2.05) is 12.1 Å². The lowest BCUT2D eigenvalue weighted by Crippen LogP contribution is -2.26. The monoisotopic (exact) mass is 407 g/mol. The molecule has 0 aliphatic carbocycles. The number of esters is 1. The van der Waals surface area contributed by atoms with Gasteiger partial charge in [0.15, 0.2) is 0 Å². The first-order valence-electron chi connectivity index (χ1n) is 8.69. The molecule has 5 nitrogen and oxygen atoms in total. The van der Waals surface area contributed by atoms with Gasteiger partial charge in [0, 0.05) is 17.2 Å². The van der Waals surface area contributed by atoms with Crippen molar-refractivity contribution in [2.45, 2.75) is 37.0 Å². The van der Waals surface area contributed by atoms with Crippen LogP contribution in [0.5, 0.6) is 0 Å². The largest absolute Gasteiger partial charge is 0.465 e. The summed E-state index contributed by atoms with van der Waals surface area (Å²) in [4.78, 5) is 13.1. The van der Waals surface area contributed by atoms with Gasteiger partial charge >= 0.3 is 5.97 Å². The topological polar surface area (TPSA) is 72.5 Å². The third kappa shape index (κ3) is 5.57. The van der Waals surface area contributed by atoms with E-state index < -0.39 is 16.0 Å². The second-order valence-corrected chi connectivity index (χ2v) is 9.08. The zero-order valence-corrected chi connectivity index (χ0v) is 17.7. The van der Waals surface area contributed by atoms with Gasteiger partial charge in [0.2, 0.25) is 10.0 Å². The average Bonchev–Trinajstić information content (AvgIpc) is 2.67. The van der Waals surface area contributed by atoms with Crippen molar-refractivity contribution in [2.24, 2.45) is 0 Å². The molecule has 2 aromatic rings.